The number of hydrogen-bond donors (Lipinski definition) is 2. The summed E-state index contributed by atoms with van der Waals surface area (Å²) in [7, 11) is 0. The Morgan fingerprint density at radius 2 is 1.78 bits per heavy atom. The summed E-state index contributed by atoms with van der Waals surface area (Å²) in [6.07, 6.45) is 0.438. The number of carbonyl (C=O) groups is 2. The fraction of sp³-hybridized carbons (Fsp3) is 0.176. The van der Waals surface area contributed by atoms with Crippen molar-refractivity contribution in [3.63, 3.8) is 0 Å². The van der Waals surface area contributed by atoms with E-state index in [1.165, 1.54) is 18.2 Å². The summed E-state index contributed by atoms with van der Waals surface area (Å²) in [6.45, 7) is -0.120. The highest BCUT2D eigenvalue weighted by Crippen LogP contribution is 2.13. The number of carbonyl (C=O) groups excluding carboxylic acids is 1. The van der Waals surface area contributed by atoms with Crippen molar-refractivity contribution >= 4 is 11.9 Å². The third-order valence-electron chi connectivity index (χ3n) is 3.11. The molecule has 0 fully saturated rings. The molecule has 0 spiro atoms. The second-order valence-corrected chi connectivity index (χ2v) is 4.79. The van der Waals surface area contributed by atoms with E-state index in [9.17, 15) is 14.0 Å². The van der Waals surface area contributed by atoms with Crippen LogP contribution < -0.4 is 10.1 Å². The lowest BCUT2D eigenvalue weighted by molar-refractivity contribution is -0.135. The predicted molar refractivity (Wildman–Crippen MR) is 82.0 cm³/mol. The molecule has 2 aromatic carbocycles. The maximum atomic E-state index is 13.4. The van der Waals surface area contributed by atoms with Crippen molar-refractivity contribution in [3.8, 4) is 5.75 Å². The standard InChI is InChI=1S/C17H16FNO4/c18-15-4-2-1-3-12(15)9-10-23-14-7-5-13(6-8-14)17(22)19-11-16(20)21/h1-8H,9-11H2,(H,19,22)(H,20,21). The lowest BCUT2D eigenvalue weighted by Gasteiger charge is -2.08. The quantitative estimate of drug-likeness (QED) is 0.821. The van der Waals surface area contributed by atoms with Crippen LogP contribution >= 0.6 is 0 Å². The van der Waals surface area contributed by atoms with E-state index in [-0.39, 0.29) is 5.82 Å². The van der Waals surface area contributed by atoms with Crippen LogP contribution in [0.5, 0.6) is 5.75 Å². The summed E-state index contributed by atoms with van der Waals surface area (Å²) in [5.74, 6) is -1.28. The van der Waals surface area contributed by atoms with Crippen molar-refractivity contribution < 1.29 is 23.8 Å². The highest BCUT2D eigenvalue weighted by Gasteiger charge is 2.07. The highest BCUT2D eigenvalue weighted by atomic mass is 19.1. The Kier molecular flexibility index (Phi) is 5.68. The zero-order valence-corrected chi connectivity index (χ0v) is 12.3. The van der Waals surface area contributed by atoms with Gasteiger partial charge in [0.05, 0.1) is 6.61 Å². The van der Waals surface area contributed by atoms with Crippen LogP contribution in [-0.4, -0.2) is 30.1 Å². The first-order chi connectivity index (χ1) is 11.1. The van der Waals surface area contributed by atoms with Crippen molar-refractivity contribution in [1.29, 1.82) is 0 Å². The molecule has 2 N–H and O–H groups in total. The van der Waals surface area contributed by atoms with Crippen LogP contribution in [0.4, 0.5) is 4.39 Å². The van der Waals surface area contributed by atoms with Crippen LogP contribution in [0.15, 0.2) is 48.5 Å². The second kappa shape index (κ2) is 7.93. The van der Waals surface area contributed by atoms with Crippen LogP contribution in [0.1, 0.15) is 15.9 Å². The number of nitrogens with one attached hydrogen (secondary N) is 1. The fourth-order valence-electron chi connectivity index (χ4n) is 1.94. The van der Waals surface area contributed by atoms with Gasteiger partial charge in [-0.15, -0.1) is 0 Å². The first kappa shape index (κ1) is 16.5. The smallest absolute Gasteiger partial charge is 0.322 e. The molecule has 1 amide bonds. The molecular weight excluding hydrogens is 301 g/mol. The summed E-state index contributed by atoms with van der Waals surface area (Å²) in [5, 5.41) is 10.8. The number of carboxylic acid groups (broad SMARTS) is 1. The van der Waals surface area contributed by atoms with Crippen molar-refractivity contribution in [2.45, 2.75) is 6.42 Å². The zero-order valence-electron chi connectivity index (χ0n) is 12.3. The van der Waals surface area contributed by atoms with Crippen molar-refractivity contribution in [2.24, 2.45) is 0 Å². The van der Waals surface area contributed by atoms with Gasteiger partial charge in [-0.1, -0.05) is 18.2 Å². The van der Waals surface area contributed by atoms with Gasteiger partial charge in [0.2, 0.25) is 0 Å². The predicted octanol–water partition coefficient (Wildman–Crippen LogP) is 2.26. The van der Waals surface area contributed by atoms with Gasteiger partial charge < -0.3 is 15.2 Å². The first-order valence-corrected chi connectivity index (χ1v) is 7.02. The Labute approximate surface area is 132 Å². The molecule has 0 aliphatic carbocycles. The van der Waals surface area contributed by atoms with E-state index in [4.69, 9.17) is 9.84 Å². The van der Waals surface area contributed by atoms with E-state index < -0.39 is 18.4 Å². The van der Waals surface area contributed by atoms with Gasteiger partial charge in [0.25, 0.3) is 5.91 Å². The van der Waals surface area contributed by atoms with Crippen LogP contribution in [0.3, 0.4) is 0 Å². The molecule has 5 nitrogen and oxygen atoms in total. The van der Waals surface area contributed by atoms with Crippen molar-refractivity contribution in [1.82, 2.24) is 5.32 Å². The van der Waals surface area contributed by atoms with Gasteiger partial charge in [0.15, 0.2) is 0 Å². The summed E-state index contributed by atoms with van der Waals surface area (Å²) in [6, 6.07) is 12.8. The maximum absolute atomic E-state index is 13.4. The van der Waals surface area contributed by atoms with E-state index in [1.807, 2.05) is 0 Å². The Bertz CT molecular complexity index is 685. The van der Waals surface area contributed by atoms with Crippen LogP contribution in [0, 0.1) is 5.82 Å². The Balaban J connectivity index is 1.84. The van der Waals surface area contributed by atoms with E-state index in [1.54, 1.807) is 30.3 Å². The number of carboxylic acids is 1. The third-order valence-corrected chi connectivity index (χ3v) is 3.11. The van der Waals surface area contributed by atoms with Gasteiger partial charge in [-0.2, -0.15) is 0 Å². The number of hydrogen-bond acceptors (Lipinski definition) is 3. The van der Waals surface area contributed by atoms with E-state index in [0.717, 1.165) is 0 Å². The fourth-order valence-corrected chi connectivity index (χ4v) is 1.94. The highest BCUT2D eigenvalue weighted by molar-refractivity contribution is 5.95. The molecule has 0 aliphatic rings. The second-order valence-electron chi connectivity index (χ2n) is 4.79. The van der Waals surface area contributed by atoms with Crippen LogP contribution in [0.2, 0.25) is 0 Å². The molecule has 0 saturated carbocycles. The average Bonchev–Trinajstić information content (AvgIpc) is 2.55. The molecule has 0 unspecified atom stereocenters. The number of benzene rings is 2. The Hall–Kier alpha value is -2.89. The van der Waals surface area contributed by atoms with Gasteiger partial charge in [0, 0.05) is 12.0 Å². The number of halogens is 1. The maximum Gasteiger partial charge on any atom is 0.322 e. The minimum Gasteiger partial charge on any atom is -0.493 e. The number of ether oxygens (including phenoxy) is 1. The minimum absolute atomic E-state index is 0.262. The Morgan fingerprint density at radius 1 is 1.09 bits per heavy atom. The van der Waals surface area contributed by atoms with Crippen molar-refractivity contribution in [3.05, 3.63) is 65.5 Å². The van der Waals surface area contributed by atoms with Gasteiger partial charge in [0.1, 0.15) is 18.1 Å². The molecule has 0 atom stereocenters. The summed E-state index contributed by atoms with van der Waals surface area (Å²) >= 11 is 0. The third kappa shape index (κ3) is 5.10. The van der Waals surface area contributed by atoms with E-state index >= 15 is 0 Å². The van der Waals surface area contributed by atoms with E-state index in [0.29, 0.717) is 29.9 Å². The monoisotopic (exact) mass is 317 g/mol. The molecule has 0 saturated heterocycles. The summed E-state index contributed by atoms with van der Waals surface area (Å²) in [4.78, 5) is 22.0. The first-order valence-electron chi connectivity index (χ1n) is 7.02. The van der Waals surface area contributed by atoms with Gasteiger partial charge in [-0.25, -0.2) is 4.39 Å². The largest absolute Gasteiger partial charge is 0.493 e. The summed E-state index contributed by atoms with van der Waals surface area (Å²) < 4.78 is 19.0. The summed E-state index contributed by atoms with van der Waals surface area (Å²) in [5.41, 5.74) is 0.921. The van der Waals surface area contributed by atoms with Crippen molar-refractivity contribution in [2.75, 3.05) is 13.2 Å². The SMILES string of the molecule is O=C(O)CNC(=O)c1ccc(OCCc2ccccc2F)cc1. The average molecular weight is 317 g/mol. The lowest BCUT2D eigenvalue weighted by atomic mass is 10.1. The van der Waals surface area contributed by atoms with Gasteiger partial charge in [-0.3, -0.25) is 9.59 Å². The molecule has 120 valence electrons. The normalized spacial score (nSPS) is 10.1. The molecule has 0 aliphatic heterocycles. The molecule has 0 radical (unpaired) electrons. The molecule has 2 aromatic rings. The molecular formula is C17H16FNO4. The number of rotatable bonds is 7. The van der Waals surface area contributed by atoms with E-state index in [2.05, 4.69) is 5.32 Å². The molecule has 23 heavy (non-hydrogen) atoms. The van der Waals surface area contributed by atoms with Gasteiger partial charge in [-0.05, 0) is 35.9 Å². The molecule has 0 heterocycles. The topological polar surface area (TPSA) is 75.6 Å². The molecule has 2 rings (SSSR count). The van der Waals surface area contributed by atoms with Crippen LogP contribution in [0.25, 0.3) is 0 Å². The lowest BCUT2D eigenvalue weighted by Crippen LogP contribution is -2.29. The molecule has 6 heteroatoms. The molecule has 0 aromatic heterocycles. The van der Waals surface area contributed by atoms with Gasteiger partial charge >= 0.3 is 5.97 Å². The molecule has 0 bridgehead atoms. The number of aliphatic carboxylic acids is 1. The zero-order chi connectivity index (χ0) is 16.7. The Morgan fingerprint density at radius 3 is 2.43 bits per heavy atom. The minimum atomic E-state index is -1.11. The number of amides is 1. The van der Waals surface area contributed by atoms with Crippen LogP contribution in [-0.2, 0) is 11.2 Å².